The van der Waals surface area contributed by atoms with Gasteiger partial charge in [-0.25, -0.2) is 4.98 Å². The molecule has 5 N–H and O–H groups in total. The summed E-state index contributed by atoms with van der Waals surface area (Å²) in [4.78, 5) is 12.1. The van der Waals surface area contributed by atoms with Crippen LogP contribution < -0.4 is 10.5 Å². The number of aromatic nitrogens is 4. The number of hydrogen-bond acceptors (Lipinski definition) is 9. The zero-order valence-electron chi connectivity index (χ0n) is 12.1. The second-order valence-corrected chi connectivity index (χ2v) is 5.05. The minimum absolute atomic E-state index is 0.0606. The number of terminal acetylenes is 1. The number of anilines is 1. The van der Waals surface area contributed by atoms with Gasteiger partial charge in [0.25, 0.3) is 0 Å². The predicted octanol–water partition coefficient (Wildman–Crippen LogP) is -1.97. The molecule has 2 aromatic rings. The second kappa shape index (κ2) is 5.32. The lowest BCUT2D eigenvalue weighted by atomic mass is 9.97. The molecule has 1 aliphatic rings. The molecule has 0 bridgehead atoms. The monoisotopic (exact) mass is 321 g/mol. The fraction of sp³-hybridized carbons (Fsp3) is 0.462. The van der Waals surface area contributed by atoms with Crippen LogP contribution in [-0.2, 0) is 4.74 Å². The Balaban J connectivity index is 2.11. The first-order valence-corrected chi connectivity index (χ1v) is 6.64. The number of aliphatic hydroxyl groups is 3. The molecule has 0 aromatic carbocycles. The molecule has 3 rings (SSSR count). The van der Waals surface area contributed by atoms with Crippen molar-refractivity contribution < 1.29 is 24.8 Å². The Morgan fingerprint density at radius 1 is 1.52 bits per heavy atom. The molecular weight excluding hydrogens is 306 g/mol. The largest absolute Gasteiger partial charge is 0.479 e. The van der Waals surface area contributed by atoms with Crippen molar-refractivity contribution in [1.82, 2.24) is 19.5 Å². The predicted molar refractivity (Wildman–Crippen MR) is 77.1 cm³/mol. The number of fused-ring (bicyclic) bond motifs is 1. The first kappa shape index (κ1) is 15.4. The van der Waals surface area contributed by atoms with Crippen LogP contribution in [0, 0.1) is 12.3 Å². The molecular formula is C13H15N5O5. The van der Waals surface area contributed by atoms with E-state index in [1.54, 1.807) is 0 Å². The maximum atomic E-state index is 10.2. The molecule has 4 atom stereocenters. The van der Waals surface area contributed by atoms with E-state index in [0.717, 1.165) is 0 Å². The van der Waals surface area contributed by atoms with Crippen molar-refractivity contribution in [2.45, 2.75) is 24.0 Å². The van der Waals surface area contributed by atoms with E-state index in [9.17, 15) is 15.3 Å². The van der Waals surface area contributed by atoms with Gasteiger partial charge in [0.2, 0.25) is 11.8 Å². The first-order valence-electron chi connectivity index (χ1n) is 6.64. The Hall–Kier alpha value is -2.45. The lowest BCUT2D eigenvalue weighted by molar-refractivity contribution is -0.0910. The van der Waals surface area contributed by atoms with Crippen LogP contribution in [0.4, 0.5) is 5.95 Å². The summed E-state index contributed by atoms with van der Waals surface area (Å²) in [5.41, 5.74) is 4.44. The Morgan fingerprint density at radius 3 is 2.83 bits per heavy atom. The van der Waals surface area contributed by atoms with E-state index in [4.69, 9.17) is 21.6 Å². The van der Waals surface area contributed by atoms with Crippen LogP contribution in [0.1, 0.15) is 6.23 Å². The third-order valence-corrected chi connectivity index (χ3v) is 3.78. The lowest BCUT2D eigenvalue weighted by Crippen LogP contribution is -2.44. The summed E-state index contributed by atoms with van der Waals surface area (Å²) in [5.74, 6) is 2.28. The average molecular weight is 321 g/mol. The fourth-order valence-corrected chi connectivity index (χ4v) is 2.54. The van der Waals surface area contributed by atoms with Gasteiger partial charge in [0.1, 0.15) is 12.2 Å². The third-order valence-electron chi connectivity index (χ3n) is 3.78. The highest BCUT2D eigenvalue weighted by Crippen LogP contribution is 2.38. The SMILES string of the molecule is C#C[C@]1(CO)O[C@@H](n2cnc3c(OC)nc(N)nc32)C(O)[C@H]1O. The molecule has 2 aromatic heterocycles. The highest BCUT2D eigenvalue weighted by atomic mass is 16.6. The normalized spacial score (nSPS) is 30.5. The van der Waals surface area contributed by atoms with Crippen molar-refractivity contribution >= 4 is 17.1 Å². The Morgan fingerprint density at radius 2 is 2.26 bits per heavy atom. The Kier molecular flexibility index (Phi) is 3.57. The van der Waals surface area contributed by atoms with Crippen LogP contribution in [0.25, 0.3) is 11.2 Å². The van der Waals surface area contributed by atoms with Gasteiger partial charge >= 0.3 is 0 Å². The minimum atomic E-state index is -1.72. The average Bonchev–Trinajstić information content (AvgIpc) is 3.07. The lowest BCUT2D eigenvalue weighted by Gasteiger charge is -2.23. The first-order chi connectivity index (χ1) is 11.0. The van der Waals surface area contributed by atoms with Crippen molar-refractivity contribution in [3.05, 3.63) is 6.33 Å². The number of imidazole rings is 1. The van der Waals surface area contributed by atoms with Crippen LogP contribution in [0.5, 0.6) is 5.88 Å². The van der Waals surface area contributed by atoms with Crippen LogP contribution >= 0.6 is 0 Å². The molecule has 1 saturated heterocycles. The van der Waals surface area contributed by atoms with E-state index < -0.39 is 30.6 Å². The summed E-state index contributed by atoms with van der Waals surface area (Å²) >= 11 is 0. The Labute approximate surface area is 130 Å². The minimum Gasteiger partial charge on any atom is -0.479 e. The summed E-state index contributed by atoms with van der Waals surface area (Å²) in [6.07, 6.45) is 2.65. The smallest absolute Gasteiger partial charge is 0.246 e. The van der Waals surface area contributed by atoms with Gasteiger partial charge in [0, 0.05) is 0 Å². The molecule has 0 aliphatic carbocycles. The number of methoxy groups -OCH3 is 1. The maximum absolute atomic E-state index is 10.2. The number of nitrogen functional groups attached to an aromatic ring is 1. The highest BCUT2D eigenvalue weighted by molar-refractivity contribution is 5.77. The van der Waals surface area contributed by atoms with Gasteiger partial charge in [-0.3, -0.25) is 4.57 Å². The standard InChI is InChI=1S/C13H15N5O5/c1-3-13(4-19)8(21)7(20)11(23-13)18-5-15-6-9(18)16-12(14)17-10(6)22-2/h1,5,7-8,11,19-21H,4H2,2H3,(H2,14,16,17)/t7?,8-,11-,13-/m1/s1. The number of nitrogens with two attached hydrogens (primary N) is 1. The molecule has 0 radical (unpaired) electrons. The van der Waals surface area contributed by atoms with Crippen molar-refractivity contribution in [1.29, 1.82) is 0 Å². The topological polar surface area (TPSA) is 149 Å². The van der Waals surface area contributed by atoms with Gasteiger partial charge in [0.15, 0.2) is 23.0 Å². The summed E-state index contributed by atoms with van der Waals surface area (Å²) in [7, 11) is 1.40. The molecule has 23 heavy (non-hydrogen) atoms. The van der Waals surface area contributed by atoms with Crippen molar-refractivity contribution in [3.63, 3.8) is 0 Å². The molecule has 10 nitrogen and oxygen atoms in total. The van der Waals surface area contributed by atoms with Gasteiger partial charge in [-0.15, -0.1) is 6.42 Å². The van der Waals surface area contributed by atoms with Gasteiger partial charge in [0.05, 0.1) is 20.0 Å². The number of aliphatic hydroxyl groups excluding tert-OH is 3. The molecule has 0 saturated carbocycles. The van der Waals surface area contributed by atoms with Crippen molar-refractivity contribution in [2.75, 3.05) is 19.5 Å². The van der Waals surface area contributed by atoms with Gasteiger partial charge in [-0.05, 0) is 0 Å². The molecule has 1 aliphatic heterocycles. The van der Waals surface area contributed by atoms with E-state index >= 15 is 0 Å². The summed E-state index contributed by atoms with van der Waals surface area (Å²) in [6.45, 7) is -0.661. The molecule has 3 heterocycles. The van der Waals surface area contributed by atoms with Crippen molar-refractivity contribution in [2.24, 2.45) is 0 Å². The zero-order chi connectivity index (χ0) is 16.8. The van der Waals surface area contributed by atoms with Gasteiger partial charge in [-0.1, -0.05) is 5.92 Å². The number of rotatable bonds is 3. The number of hydrogen-bond donors (Lipinski definition) is 4. The fourth-order valence-electron chi connectivity index (χ4n) is 2.54. The number of nitrogens with zero attached hydrogens (tertiary/aromatic N) is 4. The van der Waals surface area contributed by atoms with E-state index in [1.165, 1.54) is 18.0 Å². The Bertz CT molecular complexity index is 787. The quantitative estimate of drug-likeness (QED) is 0.472. The second-order valence-electron chi connectivity index (χ2n) is 5.05. The zero-order valence-corrected chi connectivity index (χ0v) is 12.1. The summed E-state index contributed by atoms with van der Waals surface area (Å²) < 4.78 is 12.0. The summed E-state index contributed by atoms with van der Waals surface area (Å²) in [6, 6.07) is 0. The van der Waals surface area contributed by atoms with Crippen molar-refractivity contribution in [3.8, 4) is 18.2 Å². The van der Waals surface area contributed by atoms with Crippen LogP contribution in [0.2, 0.25) is 0 Å². The van der Waals surface area contributed by atoms with E-state index in [1.807, 2.05) is 0 Å². The van der Waals surface area contributed by atoms with Crippen LogP contribution in [0.3, 0.4) is 0 Å². The van der Waals surface area contributed by atoms with Gasteiger partial charge in [-0.2, -0.15) is 9.97 Å². The molecule has 1 fully saturated rings. The molecule has 1 unspecified atom stereocenters. The van der Waals surface area contributed by atoms with Crippen LogP contribution in [-0.4, -0.2) is 66.4 Å². The van der Waals surface area contributed by atoms with E-state index in [2.05, 4.69) is 20.9 Å². The summed E-state index contributed by atoms with van der Waals surface area (Å²) in [5, 5.41) is 29.8. The molecule has 10 heteroatoms. The molecule has 122 valence electrons. The molecule has 0 spiro atoms. The number of ether oxygens (including phenoxy) is 2. The van der Waals surface area contributed by atoms with E-state index in [-0.39, 0.29) is 17.5 Å². The molecule has 0 amide bonds. The highest BCUT2D eigenvalue weighted by Gasteiger charge is 2.54. The third kappa shape index (κ3) is 2.10. The van der Waals surface area contributed by atoms with Crippen LogP contribution in [0.15, 0.2) is 6.33 Å². The van der Waals surface area contributed by atoms with Gasteiger partial charge < -0.3 is 30.5 Å². The van der Waals surface area contributed by atoms with E-state index in [0.29, 0.717) is 5.52 Å². The maximum Gasteiger partial charge on any atom is 0.246 e.